The number of para-hydroxylation sites is 1. The zero-order valence-corrected chi connectivity index (χ0v) is 14.5. The van der Waals surface area contributed by atoms with Gasteiger partial charge < -0.3 is 4.90 Å². The molecule has 1 aromatic carbocycles. The number of hydrogen-bond donors (Lipinski definition) is 0. The van der Waals surface area contributed by atoms with Gasteiger partial charge in [0, 0.05) is 37.9 Å². The number of nitrogens with zero attached hydrogens (tertiary/aromatic N) is 2. The predicted octanol–water partition coefficient (Wildman–Crippen LogP) is 4.25. The molecular formula is C21H30N2. The fourth-order valence-electron chi connectivity index (χ4n) is 5.35. The molecule has 2 saturated carbocycles. The van der Waals surface area contributed by atoms with Crippen molar-refractivity contribution in [3.63, 3.8) is 0 Å². The van der Waals surface area contributed by atoms with Gasteiger partial charge in [-0.2, -0.15) is 0 Å². The zero-order valence-electron chi connectivity index (χ0n) is 14.5. The Morgan fingerprint density at radius 3 is 2.61 bits per heavy atom. The molecule has 0 aromatic heterocycles. The van der Waals surface area contributed by atoms with Crippen LogP contribution in [0.5, 0.6) is 0 Å². The third kappa shape index (κ3) is 2.94. The van der Waals surface area contributed by atoms with E-state index in [-0.39, 0.29) is 0 Å². The summed E-state index contributed by atoms with van der Waals surface area (Å²) in [6.45, 7) is 11.4. The van der Waals surface area contributed by atoms with Crippen molar-refractivity contribution in [2.75, 3.05) is 31.1 Å². The van der Waals surface area contributed by atoms with Gasteiger partial charge in [-0.3, -0.25) is 4.90 Å². The van der Waals surface area contributed by atoms with Crippen molar-refractivity contribution in [1.29, 1.82) is 0 Å². The fraction of sp³-hybridized carbons (Fsp3) is 0.619. The lowest BCUT2D eigenvalue weighted by molar-refractivity contribution is 0.0879. The lowest BCUT2D eigenvalue weighted by Crippen LogP contribution is -2.55. The van der Waals surface area contributed by atoms with Gasteiger partial charge >= 0.3 is 0 Å². The van der Waals surface area contributed by atoms with Gasteiger partial charge in [0.25, 0.3) is 0 Å². The zero-order chi connectivity index (χ0) is 15.8. The smallest absolute Gasteiger partial charge is 0.0396 e. The summed E-state index contributed by atoms with van der Waals surface area (Å²) in [6, 6.07) is 9.48. The Morgan fingerprint density at radius 2 is 1.83 bits per heavy atom. The third-order valence-electron chi connectivity index (χ3n) is 6.40. The van der Waals surface area contributed by atoms with Crippen LogP contribution in [-0.2, 0) is 0 Å². The van der Waals surface area contributed by atoms with Crippen molar-refractivity contribution in [2.24, 2.45) is 11.8 Å². The summed E-state index contributed by atoms with van der Waals surface area (Å²) in [4.78, 5) is 5.32. The van der Waals surface area contributed by atoms with E-state index in [0.29, 0.717) is 6.04 Å². The summed E-state index contributed by atoms with van der Waals surface area (Å²) in [5.41, 5.74) is 4.36. The van der Waals surface area contributed by atoms with Gasteiger partial charge in [-0.05, 0) is 49.7 Å². The molecule has 0 spiro atoms. The van der Waals surface area contributed by atoms with Crippen molar-refractivity contribution in [3.8, 4) is 0 Å². The highest BCUT2D eigenvalue weighted by atomic mass is 15.3. The second kappa shape index (κ2) is 6.32. The Balaban J connectivity index is 1.43. The number of fused-ring (bicyclic) bond motifs is 2. The average molecular weight is 310 g/mol. The van der Waals surface area contributed by atoms with Crippen LogP contribution in [0.3, 0.4) is 0 Å². The molecular weight excluding hydrogens is 280 g/mol. The number of rotatable bonds is 2. The molecule has 1 heterocycles. The fourth-order valence-corrected chi connectivity index (χ4v) is 5.35. The topological polar surface area (TPSA) is 6.48 Å². The van der Waals surface area contributed by atoms with Crippen LogP contribution in [-0.4, -0.2) is 37.1 Å². The highest BCUT2D eigenvalue weighted by Crippen LogP contribution is 2.44. The summed E-state index contributed by atoms with van der Waals surface area (Å²) in [7, 11) is 0. The standard InChI is InChI=1S/C21H30N2/c1-16-6-3-4-9-20(16)22-10-12-23(13-11-22)21-17(2)14-18-7-5-8-19(21)15-18/h3-4,6,9,18-19,21H,2,5,7-8,10-15H2,1H3. The van der Waals surface area contributed by atoms with Crippen molar-refractivity contribution < 1.29 is 0 Å². The molecule has 2 nitrogen and oxygen atoms in total. The van der Waals surface area contributed by atoms with Crippen LogP contribution in [0.4, 0.5) is 5.69 Å². The molecule has 3 aliphatic rings. The average Bonchev–Trinajstić information content (AvgIpc) is 2.56. The highest BCUT2D eigenvalue weighted by molar-refractivity contribution is 5.53. The molecule has 2 bridgehead atoms. The Kier molecular flexibility index (Phi) is 4.19. The van der Waals surface area contributed by atoms with Crippen LogP contribution in [0.2, 0.25) is 0 Å². The molecule has 23 heavy (non-hydrogen) atoms. The molecule has 1 aromatic rings. The lowest BCUT2D eigenvalue weighted by atomic mass is 9.67. The van der Waals surface area contributed by atoms with E-state index in [4.69, 9.17) is 0 Å². The molecule has 4 rings (SSSR count). The summed E-state index contributed by atoms with van der Waals surface area (Å²) in [5.74, 6) is 1.84. The van der Waals surface area contributed by atoms with Gasteiger partial charge in [-0.15, -0.1) is 0 Å². The molecule has 0 radical (unpaired) electrons. The number of piperazine rings is 1. The van der Waals surface area contributed by atoms with Gasteiger partial charge in [0.1, 0.15) is 0 Å². The van der Waals surface area contributed by atoms with Crippen molar-refractivity contribution in [1.82, 2.24) is 4.90 Å². The summed E-state index contributed by atoms with van der Waals surface area (Å²) >= 11 is 0. The van der Waals surface area contributed by atoms with Gasteiger partial charge in [0.15, 0.2) is 0 Å². The first-order valence-corrected chi connectivity index (χ1v) is 9.44. The first-order chi connectivity index (χ1) is 11.2. The number of aryl methyl sites for hydroxylation is 1. The first-order valence-electron chi connectivity index (χ1n) is 9.44. The molecule has 124 valence electrons. The third-order valence-corrected chi connectivity index (χ3v) is 6.40. The number of benzene rings is 1. The number of hydrogen-bond acceptors (Lipinski definition) is 2. The highest BCUT2D eigenvalue weighted by Gasteiger charge is 2.39. The van der Waals surface area contributed by atoms with Crippen molar-refractivity contribution in [3.05, 3.63) is 42.0 Å². The monoisotopic (exact) mass is 310 g/mol. The second-order valence-corrected chi connectivity index (χ2v) is 7.91. The Bertz CT molecular complexity index is 571. The van der Waals surface area contributed by atoms with Crippen LogP contribution in [0.15, 0.2) is 36.4 Å². The normalized spacial score (nSPS) is 32.1. The Morgan fingerprint density at radius 1 is 1.04 bits per heavy atom. The molecule has 2 aliphatic carbocycles. The minimum atomic E-state index is 0.672. The molecule has 3 fully saturated rings. The van der Waals surface area contributed by atoms with E-state index >= 15 is 0 Å². The van der Waals surface area contributed by atoms with Gasteiger partial charge in [-0.25, -0.2) is 0 Å². The Labute approximate surface area is 141 Å². The largest absolute Gasteiger partial charge is 0.369 e. The van der Waals surface area contributed by atoms with Gasteiger partial charge in [0.05, 0.1) is 0 Å². The Hall–Kier alpha value is -1.28. The quantitative estimate of drug-likeness (QED) is 0.753. The SMILES string of the molecule is C=C1CC2CCCC(C2)C1N1CCN(c2ccccc2C)CC1. The molecule has 0 amide bonds. The van der Waals surface area contributed by atoms with E-state index in [1.54, 1.807) is 0 Å². The van der Waals surface area contributed by atoms with Crippen LogP contribution in [0, 0.1) is 18.8 Å². The van der Waals surface area contributed by atoms with Crippen LogP contribution in [0.25, 0.3) is 0 Å². The number of anilines is 1. The minimum Gasteiger partial charge on any atom is -0.369 e. The molecule has 0 N–H and O–H groups in total. The molecule has 3 unspecified atom stereocenters. The molecule has 1 aliphatic heterocycles. The maximum Gasteiger partial charge on any atom is 0.0396 e. The van der Waals surface area contributed by atoms with Crippen molar-refractivity contribution in [2.45, 2.75) is 45.1 Å². The van der Waals surface area contributed by atoms with E-state index in [1.807, 2.05) is 0 Å². The maximum atomic E-state index is 4.49. The molecule has 2 heteroatoms. The molecule has 1 saturated heterocycles. The van der Waals surface area contributed by atoms with Gasteiger partial charge in [-0.1, -0.05) is 43.2 Å². The van der Waals surface area contributed by atoms with E-state index in [9.17, 15) is 0 Å². The lowest BCUT2D eigenvalue weighted by Gasteiger charge is -2.49. The maximum absolute atomic E-state index is 4.49. The van der Waals surface area contributed by atoms with Crippen LogP contribution >= 0.6 is 0 Å². The molecule has 3 atom stereocenters. The van der Waals surface area contributed by atoms with E-state index < -0.39 is 0 Å². The van der Waals surface area contributed by atoms with Crippen molar-refractivity contribution >= 4 is 5.69 Å². The second-order valence-electron chi connectivity index (χ2n) is 7.91. The summed E-state index contributed by atoms with van der Waals surface area (Å²) < 4.78 is 0. The predicted molar refractivity (Wildman–Crippen MR) is 98.0 cm³/mol. The van der Waals surface area contributed by atoms with Crippen LogP contribution < -0.4 is 4.90 Å². The van der Waals surface area contributed by atoms with E-state index in [2.05, 4.69) is 47.6 Å². The van der Waals surface area contributed by atoms with Gasteiger partial charge in [0.2, 0.25) is 0 Å². The van der Waals surface area contributed by atoms with E-state index in [0.717, 1.165) is 24.9 Å². The minimum absolute atomic E-state index is 0.672. The van der Waals surface area contributed by atoms with E-state index in [1.165, 1.54) is 62.0 Å². The summed E-state index contributed by atoms with van der Waals surface area (Å²) in [5, 5.41) is 0. The van der Waals surface area contributed by atoms with Crippen LogP contribution in [0.1, 0.15) is 37.7 Å². The first kappa shape index (κ1) is 15.3. The summed E-state index contributed by atoms with van der Waals surface area (Å²) in [6.07, 6.45) is 7.07.